The predicted molar refractivity (Wildman–Crippen MR) is 113 cm³/mol. The van der Waals surface area contributed by atoms with Gasteiger partial charge in [0.25, 0.3) is 5.91 Å². The molecule has 30 heavy (non-hydrogen) atoms. The van der Waals surface area contributed by atoms with Crippen molar-refractivity contribution in [3.63, 3.8) is 0 Å². The van der Waals surface area contributed by atoms with Gasteiger partial charge in [0.1, 0.15) is 12.4 Å². The molecule has 1 fully saturated rings. The average molecular weight is 433 g/mol. The van der Waals surface area contributed by atoms with Crippen molar-refractivity contribution in [1.82, 2.24) is 4.90 Å². The third-order valence-electron chi connectivity index (χ3n) is 4.97. The van der Waals surface area contributed by atoms with Gasteiger partial charge in [-0.1, -0.05) is 12.1 Å². The molecule has 8 heteroatoms. The van der Waals surface area contributed by atoms with Crippen LogP contribution in [-0.4, -0.2) is 45.5 Å². The normalized spacial score (nSPS) is 14.7. The smallest absolute Gasteiger partial charge is 0.253 e. The molecule has 0 radical (unpaired) electrons. The van der Waals surface area contributed by atoms with Crippen molar-refractivity contribution >= 4 is 15.7 Å². The Morgan fingerprint density at radius 3 is 2.27 bits per heavy atom. The predicted octanol–water partition coefficient (Wildman–Crippen LogP) is 3.09. The lowest BCUT2D eigenvalue weighted by Crippen LogP contribution is -2.27. The third-order valence-corrected chi connectivity index (χ3v) is 6.68. The monoisotopic (exact) mass is 432 g/mol. The van der Waals surface area contributed by atoms with Gasteiger partial charge in [-0.3, -0.25) is 4.79 Å². The van der Waals surface area contributed by atoms with E-state index >= 15 is 0 Å². The van der Waals surface area contributed by atoms with Crippen molar-refractivity contribution in [2.24, 2.45) is 5.73 Å². The summed E-state index contributed by atoms with van der Waals surface area (Å²) in [5.41, 5.74) is 6.85. The van der Waals surface area contributed by atoms with E-state index in [-0.39, 0.29) is 29.7 Å². The molecular weight excluding hydrogens is 407 g/mol. The van der Waals surface area contributed by atoms with Crippen LogP contribution < -0.4 is 10.5 Å². The second kappa shape index (κ2) is 9.86. The van der Waals surface area contributed by atoms with Gasteiger partial charge < -0.3 is 15.4 Å². The standard InChI is InChI=1S/C22H25FN2O4S/c23-13-18(14-24)15-29-20-7-9-21(10-8-20)30(27,28)16-17-3-5-19(6-4-17)22(26)25-11-1-2-12-25/h3-10,13H,1-2,11-12,14-16,24H2/b18-13+. The van der Waals surface area contributed by atoms with Crippen LogP contribution in [0.1, 0.15) is 28.8 Å². The molecule has 0 bridgehead atoms. The minimum absolute atomic E-state index is 0.00158. The highest BCUT2D eigenvalue weighted by Crippen LogP contribution is 2.21. The number of nitrogens with two attached hydrogens (primary N) is 1. The van der Waals surface area contributed by atoms with Crippen molar-refractivity contribution in [1.29, 1.82) is 0 Å². The highest BCUT2D eigenvalue weighted by Gasteiger charge is 2.20. The van der Waals surface area contributed by atoms with Crippen LogP contribution >= 0.6 is 0 Å². The SMILES string of the molecule is NC/C(=C\F)COc1ccc(S(=O)(=O)Cc2ccc(C(=O)N3CCCC3)cc2)cc1. The number of nitrogens with zero attached hydrogens (tertiary/aromatic N) is 1. The summed E-state index contributed by atoms with van der Waals surface area (Å²) < 4.78 is 43.3. The molecule has 1 amide bonds. The zero-order chi connectivity index (χ0) is 21.6. The number of sulfone groups is 1. The lowest BCUT2D eigenvalue weighted by Gasteiger charge is -2.15. The van der Waals surface area contributed by atoms with Crippen LogP contribution in [0.3, 0.4) is 0 Å². The van der Waals surface area contributed by atoms with E-state index in [1.54, 1.807) is 24.3 Å². The zero-order valence-electron chi connectivity index (χ0n) is 16.6. The Balaban J connectivity index is 1.63. The Hall–Kier alpha value is -2.71. The van der Waals surface area contributed by atoms with Crippen LogP contribution in [0.15, 0.2) is 65.3 Å². The fourth-order valence-electron chi connectivity index (χ4n) is 3.20. The number of rotatable bonds is 8. The summed E-state index contributed by atoms with van der Waals surface area (Å²) in [6.07, 6.45) is 2.45. The van der Waals surface area contributed by atoms with Crippen LogP contribution in [0.25, 0.3) is 0 Å². The van der Waals surface area contributed by atoms with E-state index in [1.807, 2.05) is 4.90 Å². The summed E-state index contributed by atoms with van der Waals surface area (Å²) in [4.78, 5) is 14.4. The number of halogens is 1. The molecule has 0 atom stereocenters. The quantitative estimate of drug-likeness (QED) is 0.692. The second-order valence-electron chi connectivity index (χ2n) is 7.19. The number of benzene rings is 2. The molecule has 2 N–H and O–H groups in total. The van der Waals surface area contributed by atoms with Gasteiger partial charge in [-0.15, -0.1) is 0 Å². The number of hydrogen-bond acceptors (Lipinski definition) is 5. The topological polar surface area (TPSA) is 89.7 Å². The Labute approximate surface area is 176 Å². The van der Waals surface area contributed by atoms with Crippen molar-refractivity contribution in [2.45, 2.75) is 23.5 Å². The van der Waals surface area contributed by atoms with Gasteiger partial charge in [-0.2, -0.15) is 0 Å². The van der Waals surface area contributed by atoms with Gasteiger partial charge >= 0.3 is 0 Å². The maximum Gasteiger partial charge on any atom is 0.253 e. The fourth-order valence-corrected chi connectivity index (χ4v) is 4.55. The van der Waals surface area contributed by atoms with Crippen LogP contribution in [0, 0.1) is 0 Å². The molecule has 2 aromatic carbocycles. The van der Waals surface area contributed by atoms with Gasteiger partial charge in [-0.05, 0) is 54.8 Å². The van der Waals surface area contributed by atoms with Crippen molar-refractivity contribution in [2.75, 3.05) is 26.2 Å². The number of likely N-dealkylation sites (tertiary alicyclic amines) is 1. The molecule has 0 unspecified atom stereocenters. The first-order chi connectivity index (χ1) is 14.4. The summed E-state index contributed by atoms with van der Waals surface area (Å²) in [6.45, 7) is 1.59. The molecule has 160 valence electrons. The van der Waals surface area contributed by atoms with Crippen LogP contribution in [0.5, 0.6) is 5.75 Å². The van der Waals surface area contributed by atoms with E-state index in [1.165, 1.54) is 24.3 Å². The molecule has 0 spiro atoms. The summed E-state index contributed by atoms with van der Waals surface area (Å²) in [5.74, 6) is 0.234. The minimum Gasteiger partial charge on any atom is -0.489 e. The van der Waals surface area contributed by atoms with E-state index in [0.29, 0.717) is 28.8 Å². The summed E-state index contributed by atoms with van der Waals surface area (Å²) in [7, 11) is -3.56. The van der Waals surface area contributed by atoms with E-state index < -0.39 is 9.84 Å². The van der Waals surface area contributed by atoms with Gasteiger partial charge in [0.2, 0.25) is 0 Å². The summed E-state index contributed by atoms with van der Waals surface area (Å²) >= 11 is 0. The first-order valence-electron chi connectivity index (χ1n) is 9.75. The number of carbonyl (C=O) groups excluding carboxylic acids is 1. The Bertz CT molecular complexity index is 996. The Morgan fingerprint density at radius 2 is 1.70 bits per heavy atom. The van der Waals surface area contributed by atoms with E-state index in [2.05, 4.69) is 0 Å². The molecule has 1 aliphatic rings. The summed E-state index contributed by atoms with van der Waals surface area (Å²) in [6, 6.07) is 12.7. The maximum absolute atomic E-state index is 12.7. The molecule has 1 heterocycles. The van der Waals surface area contributed by atoms with E-state index in [0.717, 1.165) is 25.9 Å². The van der Waals surface area contributed by atoms with Gasteiger partial charge in [0.15, 0.2) is 9.84 Å². The molecule has 1 saturated heterocycles. The number of carbonyl (C=O) groups is 1. The molecule has 0 saturated carbocycles. The maximum atomic E-state index is 12.7. The van der Waals surface area contributed by atoms with Crippen molar-refractivity contribution < 1.29 is 22.3 Å². The average Bonchev–Trinajstić information content (AvgIpc) is 3.29. The van der Waals surface area contributed by atoms with Crippen LogP contribution in [0.4, 0.5) is 4.39 Å². The molecule has 6 nitrogen and oxygen atoms in total. The Kier molecular flexibility index (Phi) is 7.23. The molecule has 0 aliphatic carbocycles. The summed E-state index contributed by atoms with van der Waals surface area (Å²) in [5, 5.41) is 0. The van der Waals surface area contributed by atoms with Gasteiger partial charge in [0, 0.05) is 30.8 Å². The van der Waals surface area contributed by atoms with E-state index in [9.17, 15) is 17.6 Å². The van der Waals surface area contributed by atoms with Crippen molar-refractivity contribution in [3.05, 3.63) is 71.6 Å². The molecule has 1 aliphatic heterocycles. The number of ether oxygens (including phenoxy) is 1. The first-order valence-corrected chi connectivity index (χ1v) is 11.4. The Morgan fingerprint density at radius 1 is 1.07 bits per heavy atom. The third kappa shape index (κ3) is 5.46. The minimum atomic E-state index is -3.56. The van der Waals surface area contributed by atoms with Gasteiger partial charge in [-0.25, -0.2) is 12.8 Å². The van der Waals surface area contributed by atoms with Crippen LogP contribution in [-0.2, 0) is 15.6 Å². The van der Waals surface area contributed by atoms with Gasteiger partial charge in [0.05, 0.1) is 17.0 Å². The zero-order valence-corrected chi connectivity index (χ0v) is 17.4. The lowest BCUT2D eigenvalue weighted by atomic mass is 10.1. The first kappa shape index (κ1) is 22.0. The fraction of sp³-hybridized carbons (Fsp3) is 0.318. The number of amides is 1. The molecule has 0 aromatic heterocycles. The molecule has 3 rings (SSSR count). The highest BCUT2D eigenvalue weighted by atomic mass is 32.2. The van der Waals surface area contributed by atoms with E-state index in [4.69, 9.17) is 10.5 Å². The highest BCUT2D eigenvalue weighted by molar-refractivity contribution is 7.90. The van der Waals surface area contributed by atoms with Crippen LogP contribution in [0.2, 0.25) is 0 Å². The number of hydrogen-bond donors (Lipinski definition) is 1. The van der Waals surface area contributed by atoms with Crippen molar-refractivity contribution in [3.8, 4) is 5.75 Å². The second-order valence-corrected chi connectivity index (χ2v) is 9.18. The largest absolute Gasteiger partial charge is 0.489 e. The lowest BCUT2D eigenvalue weighted by molar-refractivity contribution is 0.0793. The molecular formula is C22H25FN2O4S. The molecule has 2 aromatic rings.